The number of phenols is 1. The van der Waals surface area contributed by atoms with Crippen LogP contribution in [0.25, 0.3) is 11.1 Å². The minimum atomic E-state index is -4.64. The van der Waals surface area contributed by atoms with Gasteiger partial charge in [0.2, 0.25) is 0 Å². The lowest BCUT2D eigenvalue weighted by Gasteiger charge is -2.33. The van der Waals surface area contributed by atoms with Crippen molar-refractivity contribution in [1.29, 1.82) is 0 Å². The van der Waals surface area contributed by atoms with Gasteiger partial charge in [0.15, 0.2) is 5.75 Å². The van der Waals surface area contributed by atoms with Crippen molar-refractivity contribution in [2.24, 2.45) is 0 Å². The topological polar surface area (TPSA) is 95.9 Å². The number of amides is 1. The molecule has 182 valence electrons. The summed E-state index contributed by atoms with van der Waals surface area (Å²) in [5.41, 5.74) is -0.422. The zero-order valence-electron chi connectivity index (χ0n) is 18.1. The molecule has 5 rings (SSSR count). The minimum absolute atomic E-state index is 0.0654. The van der Waals surface area contributed by atoms with Crippen LogP contribution >= 0.6 is 11.6 Å². The van der Waals surface area contributed by atoms with Gasteiger partial charge in [-0.1, -0.05) is 29.8 Å². The molecule has 1 atom stereocenters. The number of phenolic OH excluding ortho intramolecular Hbond substituents is 1. The molecule has 0 aromatic heterocycles. The Bertz CT molecular complexity index is 1460. The molecule has 35 heavy (non-hydrogen) atoms. The fourth-order valence-corrected chi connectivity index (χ4v) is 5.79. The van der Waals surface area contributed by atoms with Crippen LogP contribution in [0.15, 0.2) is 53.4 Å². The van der Waals surface area contributed by atoms with Gasteiger partial charge in [-0.3, -0.25) is 9.52 Å². The van der Waals surface area contributed by atoms with Gasteiger partial charge in [-0.05, 0) is 37.1 Å². The largest absolute Gasteiger partial charge is 0.505 e. The molecule has 2 N–H and O–H groups in total. The van der Waals surface area contributed by atoms with Crippen molar-refractivity contribution < 1.29 is 31.8 Å². The predicted octanol–water partition coefficient (Wildman–Crippen LogP) is 4.79. The molecule has 7 nitrogen and oxygen atoms in total. The van der Waals surface area contributed by atoms with Crippen molar-refractivity contribution in [3.8, 4) is 22.6 Å². The maximum atomic E-state index is 14.9. The molecule has 0 radical (unpaired) electrons. The van der Waals surface area contributed by atoms with E-state index in [4.69, 9.17) is 16.3 Å². The van der Waals surface area contributed by atoms with Gasteiger partial charge in [0.1, 0.15) is 28.4 Å². The first-order valence-corrected chi connectivity index (χ1v) is 12.6. The van der Waals surface area contributed by atoms with Crippen LogP contribution in [0.3, 0.4) is 0 Å². The molecule has 1 unspecified atom stereocenters. The van der Waals surface area contributed by atoms with Crippen LogP contribution in [0.1, 0.15) is 23.2 Å². The third-order valence-corrected chi connectivity index (χ3v) is 7.67. The van der Waals surface area contributed by atoms with Crippen LogP contribution in [0.5, 0.6) is 11.5 Å². The number of anilines is 1. The van der Waals surface area contributed by atoms with Crippen LogP contribution in [-0.2, 0) is 10.0 Å². The van der Waals surface area contributed by atoms with E-state index in [0.29, 0.717) is 31.2 Å². The number of carbonyl (C=O) groups excluding carboxylic acids is 1. The summed E-state index contributed by atoms with van der Waals surface area (Å²) in [7, 11) is -4.64. The predicted molar refractivity (Wildman–Crippen MR) is 125 cm³/mol. The summed E-state index contributed by atoms with van der Waals surface area (Å²) in [6.45, 7) is 0.600. The number of carbonyl (C=O) groups is 1. The Morgan fingerprint density at radius 1 is 1.09 bits per heavy atom. The quantitative estimate of drug-likeness (QED) is 0.444. The highest BCUT2D eigenvalue weighted by Crippen LogP contribution is 2.38. The second-order valence-electron chi connectivity index (χ2n) is 8.35. The van der Waals surface area contributed by atoms with Gasteiger partial charge in [0.05, 0.1) is 17.3 Å². The van der Waals surface area contributed by atoms with Gasteiger partial charge < -0.3 is 14.7 Å². The van der Waals surface area contributed by atoms with Gasteiger partial charge in [-0.2, -0.15) is 0 Å². The van der Waals surface area contributed by atoms with E-state index in [-0.39, 0.29) is 28.3 Å². The Morgan fingerprint density at radius 3 is 2.66 bits per heavy atom. The Balaban J connectivity index is 1.75. The van der Waals surface area contributed by atoms with Gasteiger partial charge in [0.25, 0.3) is 15.9 Å². The zero-order chi connectivity index (χ0) is 24.9. The summed E-state index contributed by atoms with van der Waals surface area (Å²) < 4.78 is 64.0. The minimum Gasteiger partial charge on any atom is -0.505 e. The number of sulfonamides is 1. The lowest BCUT2D eigenvalue weighted by Crippen LogP contribution is -2.44. The molecule has 2 aliphatic heterocycles. The van der Waals surface area contributed by atoms with Gasteiger partial charge in [-0.25, -0.2) is 17.2 Å². The van der Waals surface area contributed by atoms with Crippen molar-refractivity contribution in [3.05, 3.63) is 70.8 Å². The number of aromatic hydroxyl groups is 1. The van der Waals surface area contributed by atoms with Crippen LogP contribution in [0.4, 0.5) is 14.5 Å². The number of benzene rings is 3. The average Bonchev–Trinajstić information content (AvgIpc) is 2.82. The van der Waals surface area contributed by atoms with Crippen molar-refractivity contribution >= 4 is 33.2 Å². The molecular formula is C24H19ClF2N2O5S. The van der Waals surface area contributed by atoms with E-state index >= 15 is 0 Å². The van der Waals surface area contributed by atoms with Crippen molar-refractivity contribution in [3.63, 3.8) is 0 Å². The van der Waals surface area contributed by atoms with E-state index in [1.807, 2.05) is 4.72 Å². The first-order valence-electron chi connectivity index (χ1n) is 10.7. The van der Waals surface area contributed by atoms with Crippen LogP contribution in [0, 0.1) is 11.6 Å². The molecule has 0 spiro atoms. The summed E-state index contributed by atoms with van der Waals surface area (Å²) in [6.07, 6.45) is 0.828. The lowest BCUT2D eigenvalue weighted by atomic mass is 10.0. The van der Waals surface area contributed by atoms with E-state index < -0.39 is 50.0 Å². The molecule has 0 saturated carbocycles. The molecule has 3 aromatic rings. The number of piperidine rings is 1. The summed E-state index contributed by atoms with van der Waals surface area (Å²) >= 11 is 6.05. The third kappa shape index (κ3) is 4.28. The number of fused-ring (bicyclic) bond motifs is 8. The summed E-state index contributed by atoms with van der Waals surface area (Å²) in [5, 5.41) is 10.0. The first kappa shape index (κ1) is 23.4. The smallest absolute Gasteiger partial charge is 0.265 e. The summed E-state index contributed by atoms with van der Waals surface area (Å²) in [5.74, 6) is -3.08. The monoisotopic (exact) mass is 520 g/mol. The van der Waals surface area contributed by atoms with Crippen molar-refractivity contribution in [1.82, 2.24) is 4.90 Å². The molecule has 2 aliphatic rings. The van der Waals surface area contributed by atoms with E-state index in [0.717, 1.165) is 12.1 Å². The molecule has 1 saturated heterocycles. The molecule has 3 aromatic carbocycles. The Hall–Kier alpha value is -3.37. The number of nitrogens with zero attached hydrogens (tertiary/aromatic N) is 1. The molecule has 6 bridgehead atoms. The van der Waals surface area contributed by atoms with Gasteiger partial charge in [-0.15, -0.1) is 0 Å². The fraction of sp³-hybridized carbons (Fsp3) is 0.208. The third-order valence-electron chi connectivity index (χ3n) is 6.00. The second-order valence-corrected chi connectivity index (χ2v) is 10.4. The van der Waals surface area contributed by atoms with Gasteiger partial charge >= 0.3 is 0 Å². The Labute approximate surface area is 204 Å². The van der Waals surface area contributed by atoms with Crippen LogP contribution < -0.4 is 9.46 Å². The highest BCUT2D eigenvalue weighted by Gasteiger charge is 2.30. The Morgan fingerprint density at radius 2 is 1.86 bits per heavy atom. The maximum Gasteiger partial charge on any atom is 0.265 e. The SMILES string of the molecule is O=C1c2cc(Cl)c(O)c(c2)S(=O)(=O)Nc2cc(c(F)cc2F)-c2ccccc2OC2CCCN1C2. The van der Waals surface area contributed by atoms with Crippen LogP contribution in [-0.4, -0.2) is 43.5 Å². The zero-order valence-corrected chi connectivity index (χ0v) is 19.7. The average molecular weight is 521 g/mol. The number of para-hydroxylation sites is 1. The maximum absolute atomic E-state index is 14.9. The van der Waals surface area contributed by atoms with Crippen molar-refractivity contribution in [2.45, 2.75) is 23.8 Å². The van der Waals surface area contributed by atoms with Gasteiger partial charge in [0, 0.05) is 29.3 Å². The fourth-order valence-electron chi connectivity index (χ4n) is 4.31. The Kier molecular flexibility index (Phi) is 5.80. The van der Waals surface area contributed by atoms with E-state index in [2.05, 4.69) is 0 Å². The summed E-state index contributed by atoms with van der Waals surface area (Å²) in [4.78, 5) is 14.0. The molecular weight excluding hydrogens is 502 g/mol. The standard InChI is InChI=1S/C24H19ClF2N2O5S/c25-17-8-13-9-22(23(17)30)35(32,33)28-20-10-16(18(26)11-19(20)27)15-5-1-2-6-21(15)34-14-4-3-7-29(12-14)24(13)31/h1-2,5-6,8-11,14,28,30H,3-4,7,12H2. The number of hydrogen-bond donors (Lipinski definition) is 2. The number of ether oxygens (including phenoxy) is 1. The highest BCUT2D eigenvalue weighted by atomic mass is 35.5. The number of halogens is 3. The number of rotatable bonds is 0. The molecule has 0 aliphatic carbocycles. The molecule has 11 heteroatoms. The second kappa shape index (κ2) is 8.69. The highest BCUT2D eigenvalue weighted by molar-refractivity contribution is 7.92. The number of nitrogens with one attached hydrogen (secondary N) is 1. The molecule has 1 fully saturated rings. The van der Waals surface area contributed by atoms with E-state index in [9.17, 15) is 27.1 Å². The van der Waals surface area contributed by atoms with E-state index in [1.165, 1.54) is 11.0 Å². The first-order chi connectivity index (χ1) is 16.6. The van der Waals surface area contributed by atoms with Crippen molar-refractivity contribution in [2.75, 3.05) is 17.8 Å². The van der Waals surface area contributed by atoms with Crippen LogP contribution in [0.2, 0.25) is 5.02 Å². The molecule has 1 amide bonds. The van der Waals surface area contributed by atoms with E-state index in [1.54, 1.807) is 24.3 Å². The normalized spacial score (nSPS) is 19.0. The summed E-state index contributed by atoms with van der Waals surface area (Å²) in [6, 6.07) is 10.3. The number of hydrogen-bond acceptors (Lipinski definition) is 5. The molecule has 2 heterocycles. The lowest BCUT2D eigenvalue weighted by molar-refractivity contribution is 0.0539.